The summed E-state index contributed by atoms with van der Waals surface area (Å²) in [6.45, 7) is 0. The van der Waals surface area contributed by atoms with E-state index in [1.54, 1.807) is 14.2 Å². The molecule has 1 heterocycles. The molecule has 0 spiro atoms. The first-order valence-electron chi connectivity index (χ1n) is 7.84. The van der Waals surface area contributed by atoms with Crippen LogP contribution in [0.15, 0.2) is 60.7 Å². The zero-order chi connectivity index (χ0) is 17.2. The van der Waals surface area contributed by atoms with E-state index in [2.05, 4.69) is 44.4 Å². The van der Waals surface area contributed by atoms with Crippen LogP contribution < -0.4 is 9.47 Å². The maximum atomic E-state index is 5.24. The number of aromatic nitrogens is 2. The van der Waals surface area contributed by atoms with Crippen molar-refractivity contribution in [3.05, 3.63) is 60.7 Å². The van der Waals surface area contributed by atoms with Crippen LogP contribution in [0, 0.1) is 0 Å². The van der Waals surface area contributed by atoms with Crippen LogP contribution in [-0.2, 0) is 0 Å². The second kappa shape index (κ2) is 6.71. The fourth-order valence-corrected chi connectivity index (χ4v) is 4.08. The molecule has 0 radical (unpaired) electrons. The van der Waals surface area contributed by atoms with Crippen LogP contribution in [0.4, 0.5) is 0 Å². The zero-order valence-corrected chi connectivity index (χ0v) is 15.6. The normalized spacial score (nSPS) is 10.8. The van der Waals surface area contributed by atoms with Crippen LogP contribution in [0.3, 0.4) is 0 Å². The summed E-state index contributed by atoms with van der Waals surface area (Å²) in [4.78, 5) is 0. The van der Waals surface area contributed by atoms with Gasteiger partial charge in [0.1, 0.15) is 0 Å². The first-order chi connectivity index (χ1) is 12.3. The third kappa shape index (κ3) is 2.93. The van der Waals surface area contributed by atoms with Gasteiger partial charge in [0.05, 0.1) is 0 Å². The van der Waals surface area contributed by atoms with Gasteiger partial charge in [0.15, 0.2) is 0 Å². The van der Waals surface area contributed by atoms with Crippen molar-refractivity contribution in [3.8, 4) is 33.8 Å². The number of nitrogens with zero attached hydrogens (tertiary/aromatic N) is 2. The topological polar surface area (TPSA) is 44.2 Å². The average molecular weight is 395 g/mol. The van der Waals surface area contributed by atoms with Gasteiger partial charge in [-0.2, -0.15) is 0 Å². The van der Waals surface area contributed by atoms with Gasteiger partial charge in [-0.05, 0) is 0 Å². The third-order valence-corrected chi connectivity index (χ3v) is 5.33. The molecule has 0 fully saturated rings. The summed E-state index contributed by atoms with van der Waals surface area (Å²) < 4.78 is 19.8. The summed E-state index contributed by atoms with van der Waals surface area (Å²) in [6, 6.07) is 20.4. The van der Waals surface area contributed by atoms with E-state index in [1.807, 2.05) is 24.3 Å². The molecule has 0 amide bonds. The Bertz CT molecular complexity index is 927. The number of benzene rings is 3. The van der Waals surface area contributed by atoms with E-state index in [0.29, 0.717) is 0 Å². The van der Waals surface area contributed by atoms with Crippen molar-refractivity contribution >= 4 is 26.0 Å². The molecule has 0 saturated heterocycles. The molecule has 1 aromatic heterocycles. The Hall–Kier alpha value is -2.62. The van der Waals surface area contributed by atoms with Crippen LogP contribution >= 0.6 is 0 Å². The second-order valence-corrected chi connectivity index (χ2v) is 6.69. The van der Waals surface area contributed by atoms with Crippen molar-refractivity contribution < 1.29 is 9.47 Å². The molecule has 0 aliphatic rings. The van der Waals surface area contributed by atoms with E-state index >= 15 is 0 Å². The van der Waals surface area contributed by atoms with Gasteiger partial charge in [0, 0.05) is 0 Å². The number of ether oxygens (including phenoxy) is 2. The van der Waals surface area contributed by atoms with Crippen molar-refractivity contribution in [2.75, 3.05) is 14.2 Å². The van der Waals surface area contributed by atoms with Gasteiger partial charge in [-0.3, -0.25) is 0 Å². The molecule has 25 heavy (non-hydrogen) atoms. The van der Waals surface area contributed by atoms with Gasteiger partial charge < -0.3 is 0 Å². The SMILES string of the molecule is COc1ccc(-c2ccc(-c3ccc(OC)cc3)c3n[se]nc23)cc1. The maximum absolute atomic E-state index is 5.24. The van der Waals surface area contributed by atoms with Crippen molar-refractivity contribution in [1.82, 2.24) is 7.96 Å². The van der Waals surface area contributed by atoms with Gasteiger partial charge in [0.25, 0.3) is 0 Å². The number of fused-ring (bicyclic) bond motifs is 1. The first kappa shape index (κ1) is 15.9. The Morgan fingerprint density at radius 3 is 1.36 bits per heavy atom. The van der Waals surface area contributed by atoms with Gasteiger partial charge in [0.2, 0.25) is 0 Å². The van der Waals surface area contributed by atoms with E-state index in [0.717, 1.165) is 44.8 Å². The molecule has 0 aliphatic carbocycles. The van der Waals surface area contributed by atoms with Gasteiger partial charge in [-0.25, -0.2) is 0 Å². The second-order valence-electron chi connectivity index (χ2n) is 5.58. The third-order valence-electron chi connectivity index (χ3n) is 4.22. The molecule has 5 heteroatoms. The Balaban J connectivity index is 1.82. The van der Waals surface area contributed by atoms with Crippen LogP contribution in [-0.4, -0.2) is 37.1 Å². The molecule has 4 nitrogen and oxygen atoms in total. The van der Waals surface area contributed by atoms with E-state index in [1.165, 1.54) is 0 Å². The summed E-state index contributed by atoms with van der Waals surface area (Å²) in [7, 11) is 3.35. The van der Waals surface area contributed by atoms with E-state index in [9.17, 15) is 0 Å². The van der Waals surface area contributed by atoms with Crippen molar-refractivity contribution in [2.24, 2.45) is 0 Å². The first-order valence-corrected chi connectivity index (χ1v) is 9.37. The van der Waals surface area contributed by atoms with Crippen LogP contribution in [0.5, 0.6) is 11.5 Å². The Labute approximate surface area is 152 Å². The molecule has 0 N–H and O–H groups in total. The minimum absolute atomic E-state index is 0.0911. The Morgan fingerprint density at radius 1 is 0.600 bits per heavy atom. The fourth-order valence-electron chi connectivity index (χ4n) is 2.87. The molecule has 4 aromatic rings. The molecule has 0 bridgehead atoms. The number of methoxy groups -OCH3 is 2. The molecule has 0 saturated carbocycles. The summed E-state index contributed by atoms with van der Waals surface area (Å²) in [5.41, 5.74) is 6.43. The number of rotatable bonds is 4. The quantitative estimate of drug-likeness (QED) is 0.490. The predicted molar refractivity (Wildman–Crippen MR) is 100 cm³/mol. The Morgan fingerprint density at radius 2 is 1.00 bits per heavy atom. The zero-order valence-electron chi connectivity index (χ0n) is 13.9. The van der Waals surface area contributed by atoms with E-state index in [4.69, 9.17) is 9.47 Å². The predicted octanol–water partition coefficient (Wildman–Crippen LogP) is 4.04. The Kier molecular flexibility index (Phi) is 4.26. The molecular formula is C20H16N2O2Se. The van der Waals surface area contributed by atoms with Crippen LogP contribution in [0.2, 0.25) is 0 Å². The van der Waals surface area contributed by atoms with Crippen molar-refractivity contribution in [2.45, 2.75) is 0 Å². The van der Waals surface area contributed by atoms with E-state index in [-0.39, 0.29) is 15.0 Å². The summed E-state index contributed by atoms with van der Waals surface area (Å²) >= 11 is -0.0911. The van der Waals surface area contributed by atoms with E-state index < -0.39 is 0 Å². The monoisotopic (exact) mass is 396 g/mol. The molecular weight excluding hydrogens is 379 g/mol. The fraction of sp³-hybridized carbons (Fsp3) is 0.100. The number of hydrogen-bond acceptors (Lipinski definition) is 4. The van der Waals surface area contributed by atoms with Crippen molar-refractivity contribution in [3.63, 3.8) is 0 Å². The molecule has 3 aromatic carbocycles. The summed E-state index contributed by atoms with van der Waals surface area (Å²) in [5, 5.41) is 0. The molecule has 124 valence electrons. The van der Waals surface area contributed by atoms with Crippen molar-refractivity contribution in [1.29, 1.82) is 0 Å². The van der Waals surface area contributed by atoms with Crippen LogP contribution in [0.1, 0.15) is 0 Å². The number of hydrogen-bond donors (Lipinski definition) is 0. The molecule has 0 atom stereocenters. The molecule has 0 unspecified atom stereocenters. The standard InChI is InChI=1S/C20H16N2O2Se/c1-23-15-7-3-13(4-8-15)17-11-12-18(20-19(17)21-25-22-20)14-5-9-16(24-2)10-6-14/h3-12H,1-2H3. The van der Waals surface area contributed by atoms with Crippen LogP contribution in [0.25, 0.3) is 33.3 Å². The van der Waals surface area contributed by atoms with Gasteiger partial charge >= 0.3 is 152 Å². The van der Waals surface area contributed by atoms with Gasteiger partial charge in [-0.1, -0.05) is 0 Å². The minimum atomic E-state index is -0.0911. The van der Waals surface area contributed by atoms with Gasteiger partial charge in [-0.15, -0.1) is 0 Å². The summed E-state index contributed by atoms with van der Waals surface area (Å²) in [5.74, 6) is 1.70. The summed E-state index contributed by atoms with van der Waals surface area (Å²) in [6.07, 6.45) is 0. The average Bonchev–Trinajstić information content (AvgIpc) is 3.17. The molecule has 0 aliphatic heterocycles. The molecule has 4 rings (SSSR count).